The van der Waals surface area contributed by atoms with Gasteiger partial charge in [0.05, 0.1) is 27.8 Å². The predicted molar refractivity (Wildman–Crippen MR) is 219 cm³/mol. The van der Waals surface area contributed by atoms with Crippen molar-refractivity contribution < 1.29 is 0 Å². The summed E-state index contributed by atoms with van der Waals surface area (Å²) in [4.78, 5) is 2.54. The Hall–Kier alpha value is -6.49. The summed E-state index contributed by atoms with van der Waals surface area (Å²) in [5.74, 6) is 0. The predicted octanol–water partition coefficient (Wildman–Crippen LogP) is 13.1. The quantitative estimate of drug-likeness (QED) is 0.181. The molecular formula is C48H29N3S. The van der Waals surface area contributed by atoms with E-state index in [1.165, 1.54) is 97.7 Å². The molecule has 3 nitrogen and oxygen atoms in total. The van der Waals surface area contributed by atoms with Crippen LogP contribution >= 0.6 is 11.8 Å². The maximum absolute atomic E-state index is 2.52. The average Bonchev–Trinajstić information content (AvgIpc) is 3.85. The van der Waals surface area contributed by atoms with Crippen molar-refractivity contribution in [3.05, 3.63) is 176 Å². The van der Waals surface area contributed by atoms with Gasteiger partial charge in [0.1, 0.15) is 5.65 Å². The molecule has 1 aliphatic heterocycles. The van der Waals surface area contributed by atoms with Crippen molar-refractivity contribution in [3.63, 3.8) is 0 Å². The zero-order valence-electron chi connectivity index (χ0n) is 28.0. The fourth-order valence-corrected chi connectivity index (χ4v) is 9.97. The summed E-state index contributed by atoms with van der Waals surface area (Å²) >= 11 is 1.88. The summed E-state index contributed by atoms with van der Waals surface area (Å²) in [5.41, 5.74) is 12.1. The highest BCUT2D eigenvalue weighted by Gasteiger charge is 2.28. The van der Waals surface area contributed by atoms with Gasteiger partial charge >= 0.3 is 0 Å². The highest BCUT2D eigenvalue weighted by molar-refractivity contribution is 7.99. The van der Waals surface area contributed by atoms with E-state index in [2.05, 4.69) is 190 Å². The molecule has 0 unspecified atom stereocenters. The summed E-state index contributed by atoms with van der Waals surface area (Å²) in [6.07, 6.45) is 0. The van der Waals surface area contributed by atoms with Gasteiger partial charge in [-0.2, -0.15) is 0 Å². The molecule has 4 heteroatoms. The molecule has 0 amide bonds. The standard InChI is InChI=1S/C48H29N3S/c1-2-14-33(15-3-1)50-40-22-9-7-19-37(40)46-38-20-11-23-43-47(38)51(48(46)50)41-26-25-32(29-44(41)52-43)31-13-10-16-34(28-31)49-39-21-8-6-18-36(39)45-35-17-5-4-12-30(35)24-27-42(45)49/h1-29H. The Kier molecular flexibility index (Phi) is 5.71. The van der Waals surface area contributed by atoms with Crippen LogP contribution in [-0.2, 0) is 0 Å². The normalized spacial score (nSPS) is 12.5. The molecule has 12 rings (SSSR count). The van der Waals surface area contributed by atoms with Crippen LogP contribution in [-0.4, -0.2) is 13.7 Å². The van der Waals surface area contributed by atoms with Crippen molar-refractivity contribution in [2.24, 2.45) is 0 Å². The van der Waals surface area contributed by atoms with Gasteiger partial charge in [-0.3, -0.25) is 9.13 Å². The fourth-order valence-electron chi connectivity index (χ4n) is 8.84. The van der Waals surface area contributed by atoms with Crippen LogP contribution in [0.3, 0.4) is 0 Å². The first-order valence-electron chi connectivity index (χ1n) is 17.8. The van der Waals surface area contributed by atoms with Crippen molar-refractivity contribution in [1.82, 2.24) is 13.7 Å². The number of aromatic nitrogens is 3. The molecule has 1 aliphatic rings. The largest absolute Gasteiger partial charge is 0.309 e. The lowest BCUT2D eigenvalue weighted by Crippen LogP contribution is -2.05. The third-order valence-corrected chi connectivity index (χ3v) is 12.1. The first-order valence-corrected chi connectivity index (χ1v) is 18.6. The topological polar surface area (TPSA) is 14.8 Å². The summed E-state index contributed by atoms with van der Waals surface area (Å²) in [5, 5.41) is 9.02. The van der Waals surface area contributed by atoms with E-state index in [4.69, 9.17) is 0 Å². The second-order valence-corrected chi connectivity index (χ2v) is 14.8. The van der Waals surface area contributed by atoms with Gasteiger partial charge in [0.25, 0.3) is 0 Å². The van der Waals surface area contributed by atoms with Crippen LogP contribution in [0.25, 0.3) is 93.6 Å². The van der Waals surface area contributed by atoms with Crippen LogP contribution in [0.15, 0.2) is 186 Å². The number of fused-ring (bicyclic) bond motifs is 12. The Labute approximate surface area is 303 Å². The smallest absolute Gasteiger partial charge is 0.131 e. The van der Waals surface area contributed by atoms with Crippen molar-refractivity contribution in [1.29, 1.82) is 0 Å². The van der Waals surface area contributed by atoms with Gasteiger partial charge in [-0.05, 0) is 82.6 Å². The maximum Gasteiger partial charge on any atom is 0.131 e. The molecule has 0 bridgehead atoms. The number of benzene rings is 8. The van der Waals surface area contributed by atoms with Gasteiger partial charge in [-0.25, -0.2) is 0 Å². The van der Waals surface area contributed by atoms with Crippen LogP contribution in [0.4, 0.5) is 0 Å². The van der Waals surface area contributed by atoms with Gasteiger partial charge in [0.2, 0.25) is 0 Å². The molecular weight excluding hydrogens is 651 g/mol. The Bertz CT molecular complexity index is 3270. The monoisotopic (exact) mass is 679 g/mol. The van der Waals surface area contributed by atoms with Crippen molar-refractivity contribution >= 4 is 77.2 Å². The van der Waals surface area contributed by atoms with Crippen molar-refractivity contribution in [2.75, 3.05) is 0 Å². The van der Waals surface area contributed by atoms with Crippen LogP contribution in [0.2, 0.25) is 0 Å². The molecule has 0 aliphatic carbocycles. The van der Waals surface area contributed by atoms with E-state index >= 15 is 0 Å². The van der Waals surface area contributed by atoms with E-state index in [9.17, 15) is 0 Å². The van der Waals surface area contributed by atoms with Gasteiger partial charge < -0.3 is 4.57 Å². The molecule has 242 valence electrons. The molecule has 0 saturated heterocycles. The van der Waals surface area contributed by atoms with E-state index in [1.807, 2.05) is 11.8 Å². The Balaban J connectivity index is 1.07. The fraction of sp³-hybridized carbons (Fsp3) is 0. The molecule has 11 aromatic rings. The summed E-state index contributed by atoms with van der Waals surface area (Å²) in [7, 11) is 0. The Morgan fingerprint density at radius 2 is 1.04 bits per heavy atom. The molecule has 52 heavy (non-hydrogen) atoms. The van der Waals surface area contributed by atoms with E-state index in [0.29, 0.717) is 0 Å². The van der Waals surface area contributed by atoms with Gasteiger partial charge in [0.15, 0.2) is 0 Å². The lowest BCUT2D eigenvalue weighted by atomic mass is 10.0. The zero-order chi connectivity index (χ0) is 33.9. The summed E-state index contributed by atoms with van der Waals surface area (Å²) in [6, 6.07) is 64.5. The third-order valence-electron chi connectivity index (χ3n) is 11.0. The molecule has 0 spiro atoms. The minimum absolute atomic E-state index is 1.16. The SMILES string of the molecule is c1ccc(-n2c3ccccc3c3c4cccc5c4n(c32)-c2ccc(-c3cccc(-n4c6ccccc6c6c7ccccc7ccc64)c3)cc2S5)cc1. The van der Waals surface area contributed by atoms with Gasteiger partial charge in [-0.15, -0.1) is 0 Å². The highest BCUT2D eigenvalue weighted by Crippen LogP contribution is 2.50. The van der Waals surface area contributed by atoms with Crippen LogP contribution in [0.1, 0.15) is 0 Å². The Morgan fingerprint density at radius 1 is 0.365 bits per heavy atom. The molecule has 0 saturated carbocycles. The van der Waals surface area contributed by atoms with E-state index in [0.717, 1.165) is 5.69 Å². The molecule has 0 N–H and O–H groups in total. The van der Waals surface area contributed by atoms with Gasteiger partial charge in [-0.1, -0.05) is 127 Å². The molecule has 0 fully saturated rings. The minimum Gasteiger partial charge on any atom is -0.309 e. The average molecular weight is 680 g/mol. The zero-order valence-corrected chi connectivity index (χ0v) is 28.8. The Morgan fingerprint density at radius 3 is 1.90 bits per heavy atom. The van der Waals surface area contributed by atoms with Crippen LogP contribution < -0.4 is 0 Å². The number of hydrogen-bond acceptors (Lipinski definition) is 1. The molecule has 4 heterocycles. The molecule has 0 radical (unpaired) electrons. The van der Waals surface area contributed by atoms with E-state index in [-0.39, 0.29) is 0 Å². The molecule has 0 atom stereocenters. The minimum atomic E-state index is 1.16. The lowest BCUT2D eigenvalue weighted by Gasteiger charge is -2.22. The second-order valence-electron chi connectivity index (χ2n) is 13.7. The van der Waals surface area contributed by atoms with Gasteiger partial charge in [0, 0.05) is 48.1 Å². The maximum atomic E-state index is 2.52. The number of para-hydroxylation sites is 4. The number of hydrogen-bond donors (Lipinski definition) is 0. The highest BCUT2D eigenvalue weighted by atomic mass is 32.2. The molecule has 8 aromatic carbocycles. The third kappa shape index (κ3) is 3.77. The first-order chi connectivity index (χ1) is 25.8. The summed E-state index contributed by atoms with van der Waals surface area (Å²) in [6.45, 7) is 0. The van der Waals surface area contributed by atoms with Crippen LogP contribution in [0.5, 0.6) is 0 Å². The van der Waals surface area contributed by atoms with Crippen LogP contribution in [0, 0.1) is 0 Å². The van der Waals surface area contributed by atoms with E-state index in [1.54, 1.807) is 0 Å². The van der Waals surface area contributed by atoms with Crippen molar-refractivity contribution in [3.8, 4) is 28.2 Å². The number of nitrogens with zero attached hydrogens (tertiary/aromatic N) is 3. The number of rotatable bonds is 3. The lowest BCUT2D eigenvalue weighted by molar-refractivity contribution is 1.03. The molecule has 3 aromatic heterocycles. The van der Waals surface area contributed by atoms with E-state index < -0.39 is 0 Å². The van der Waals surface area contributed by atoms with Crippen molar-refractivity contribution in [2.45, 2.75) is 9.79 Å². The second kappa shape index (κ2) is 10.5. The first kappa shape index (κ1) is 28.2. The summed E-state index contributed by atoms with van der Waals surface area (Å²) < 4.78 is 7.39.